The second kappa shape index (κ2) is 4.26. The maximum absolute atomic E-state index is 5.21. The minimum atomic E-state index is 0.369. The Morgan fingerprint density at radius 2 is 2.10 bits per heavy atom. The number of aromatic nitrogens is 7. The molecule has 1 aliphatic carbocycles. The van der Waals surface area contributed by atoms with E-state index in [0.29, 0.717) is 29.2 Å². The van der Waals surface area contributed by atoms with E-state index in [2.05, 4.69) is 35.5 Å². The van der Waals surface area contributed by atoms with Crippen LogP contribution in [0.25, 0.3) is 23.2 Å². The molecule has 0 saturated heterocycles. The summed E-state index contributed by atoms with van der Waals surface area (Å²) in [7, 11) is 0. The molecule has 8 nitrogen and oxygen atoms in total. The van der Waals surface area contributed by atoms with Gasteiger partial charge >= 0.3 is 0 Å². The van der Waals surface area contributed by atoms with Crippen LogP contribution >= 0.6 is 0 Å². The van der Waals surface area contributed by atoms with E-state index in [4.69, 9.17) is 4.52 Å². The molecule has 3 aromatic rings. The van der Waals surface area contributed by atoms with Crippen molar-refractivity contribution in [3.8, 4) is 23.2 Å². The number of nitrogens with one attached hydrogen (secondary N) is 2. The summed E-state index contributed by atoms with van der Waals surface area (Å²) < 4.78 is 5.21. The SMILES string of the molecule is CCc1cc(-c2nc(-c3n[nH]c(C4CC4)n3)no2)n[nH]1. The van der Waals surface area contributed by atoms with Crippen LogP contribution in [0, 0.1) is 0 Å². The van der Waals surface area contributed by atoms with Crippen LogP contribution in [-0.4, -0.2) is 35.5 Å². The molecule has 0 aliphatic heterocycles. The highest BCUT2D eigenvalue weighted by Crippen LogP contribution is 2.38. The number of rotatable bonds is 4. The molecule has 0 atom stereocenters. The second-order valence-electron chi connectivity index (χ2n) is 4.87. The molecule has 0 amide bonds. The Balaban J connectivity index is 1.63. The normalized spacial score (nSPS) is 14.8. The van der Waals surface area contributed by atoms with Crippen LogP contribution < -0.4 is 0 Å². The minimum absolute atomic E-state index is 0.369. The molecule has 0 radical (unpaired) electrons. The molecule has 1 aliphatic rings. The minimum Gasteiger partial charge on any atom is -0.332 e. The van der Waals surface area contributed by atoms with Gasteiger partial charge in [-0.1, -0.05) is 12.1 Å². The molecule has 8 heteroatoms. The van der Waals surface area contributed by atoms with E-state index in [1.54, 1.807) is 0 Å². The predicted molar refractivity (Wildman–Crippen MR) is 68.6 cm³/mol. The lowest BCUT2D eigenvalue weighted by atomic mass is 10.3. The van der Waals surface area contributed by atoms with Gasteiger partial charge < -0.3 is 4.52 Å². The Bertz CT molecular complexity index is 736. The van der Waals surface area contributed by atoms with E-state index < -0.39 is 0 Å². The van der Waals surface area contributed by atoms with E-state index in [9.17, 15) is 0 Å². The quantitative estimate of drug-likeness (QED) is 0.747. The first-order valence-corrected chi connectivity index (χ1v) is 6.64. The molecule has 4 rings (SSSR count). The van der Waals surface area contributed by atoms with E-state index in [1.165, 1.54) is 12.8 Å². The van der Waals surface area contributed by atoms with E-state index in [0.717, 1.165) is 17.9 Å². The molecule has 3 heterocycles. The summed E-state index contributed by atoms with van der Waals surface area (Å²) in [5.41, 5.74) is 1.66. The van der Waals surface area contributed by atoms with Crippen LogP contribution in [0.1, 0.15) is 37.2 Å². The summed E-state index contributed by atoms with van der Waals surface area (Å²) in [5.74, 6) is 2.63. The van der Waals surface area contributed by atoms with Crippen molar-refractivity contribution in [2.75, 3.05) is 0 Å². The van der Waals surface area contributed by atoms with Gasteiger partial charge in [0.15, 0.2) is 5.69 Å². The molecule has 0 unspecified atom stereocenters. The van der Waals surface area contributed by atoms with Crippen molar-refractivity contribution < 1.29 is 4.52 Å². The van der Waals surface area contributed by atoms with Gasteiger partial charge in [0, 0.05) is 11.6 Å². The molecule has 0 aromatic carbocycles. The van der Waals surface area contributed by atoms with Gasteiger partial charge in [-0.05, 0) is 25.3 Å². The first-order chi connectivity index (χ1) is 9.83. The number of H-pyrrole nitrogens is 2. The number of hydrogen-bond donors (Lipinski definition) is 2. The van der Waals surface area contributed by atoms with Gasteiger partial charge in [0.05, 0.1) is 0 Å². The van der Waals surface area contributed by atoms with Gasteiger partial charge in [0.1, 0.15) is 5.82 Å². The number of aromatic amines is 2. The number of nitrogens with zero attached hydrogens (tertiary/aromatic N) is 5. The molecular weight excluding hydrogens is 258 g/mol. The molecule has 2 N–H and O–H groups in total. The molecule has 102 valence electrons. The zero-order chi connectivity index (χ0) is 13.5. The van der Waals surface area contributed by atoms with Gasteiger partial charge in [-0.25, -0.2) is 4.98 Å². The summed E-state index contributed by atoms with van der Waals surface area (Å²) in [6.07, 6.45) is 3.21. The van der Waals surface area contributed by atoms with Gasteiger partial charge in [0.2, 0.25) is 11.6 Å². The van der Waals surface area contributed by atoms with Crippen LogP contribution in [-0.2, 0) is 6.42 Å². The zero-order valence-electron chi connectivity index (χ0n) is 10.9. The van der Waals surface area contributed by atoms with Crippen LogP contribution in [0.3, 0.4) is 0 Å². The Morgan fingerprint density at radius 3 is 2.85 bits per heavy atom. The average molecular weight is 271 g/mol. The standard InChI is InChI=1S/C12H13N7O/c1-2-7-5-8(16-15-7)12-14-11(19-20-12)10-13-9(17-18-10)6-3-4-6/h5-6H,2-4H2,1H3,(H,15,16)(H,13,17,18). The van der Waals surface area contributed by atoms with Gasteiger partial charge in [-0.3, -0.25) is 10.2 Å². The van der Waals surface area contributed by atoms with Crippen molar-refractivity contribution in [2.24, 2.45) is 0 Å². The number of aryl methyl sites for hydroxylation is 1. The van der Waals surface area contributed by atoms with Crippen molar-refractivity contribution >= 4 is 0 Å². The maximum Gasteiger partial charge on any atom is 0.278 e. The van der Waals surface area contributed by atoms with Crippen molar-refractivity contribution in [3.63, 3.8) is 0 Å². The van der Waals surface area contributed by atoms with Crippen LogP contribution in [0.5, 0.6) is 0 Å². The maximum atomic E-state index is 5.21. The fourth-order valence-corrected chi connectivity index (χ4v) is 1.98. The average Bonchev–Trinajstić information content (AvgIpc) is 2.93. The fourth-order valence-electron chi connectivity index (χ4n) is 1.98. The van der Waals surface area contributed by atoms with Gasteiger partial charge in [-0.2, -0.15) is 10.1 Å². The molecule has 1 fully saturated rings. The third-order valence-electron chi connectivity index (χ3n) is 3.32. The monoisotopic (exact) mass is 271 g/mol. The van der Waals surface area contributed by atoms with Crippen LogP contribution in [0.15, 0.2) is 10.6 Å². The first-order valence-electron chi connectivity index (χ1n) is 6.64. The van der Waals surface area contributed by atoms with Crippen molar-refractivity contribution in [1.29, 1.82) is 0 Å². The van der Waals surface area contributed by atoms with Gasteiger partial charge in [0.25, 0.3) is 5.89 Å². The van der Waals surface area contributed by atoms with Crippen molar-refractivity contribution in [2.45, 2.75) is 32.1 Å². The Hall–Kier alpha value is -2.51. The first kappa shape index (κ1) is 11.3. The largest absolute Gasteiger partial charge is 0.332 e. The van der Waals surface area contributed by atoms with Gasteiger partial charge in [-0.15, -0.1) is 5.10 Å². The molecule has 20 heavy (non-hydrogen) atoms. The predicted octanol–water partition coefficient (Wildman–Crippen LogP) is 1.68. The summed E-state index contributed by atoms with van der Waals surface area (Å²) >= 11 is 0. The third kappa shape index (κ3) is 1.89. The Labute approximate surface area is 114 Å². The van der Waals surface area contributed by atoms with E-state index in [-0.39, 0.29) is 0 Å². The number of hydrogen-bond acceptors (Lipinski definition) is 6. The molecule has 3 aromatic heterocycles. The summed E-state index contributed by atoms with van der Waals surface area (Å²) in [6, 6.07) is 1.89. The highest BCUT2D eigenvalue weighted by molar-refractivity contribution is 5.51. The Morgan fingerprint density at radius 1 is 1.20 bits per heavy atom. The lowest BCUT2D eigenvalue weighted by Crippen LogP contribution is -1.85. The third-order valence-corrected chi connectivity index (χ3v) is 3.32. The lowest BCUT2D eigenvalue weighted by molar-refractivity contribution is 0.430. The van der Waals surface area contributed by atoms with Crippen LogP contribution in [0.2, 0.25) is 0 Å². The highest BCUT2D eigenvalue weighted by atomic mass is 16.5. The molecule has 0 spiro atoms. The Kier molecular flexibility index (Phi) is 2.41. The smallest absolute Gasteiger partial charge is 0.278 e. The summed E-state index contributed by atoms with van der Waals surface area (Å²) in [4.78, 5) is 8.68. The summed E-state index contributed by atoms with van der Waals surface area (Å²) in [5, 5.41) is 18.0. The molecular formula is C12H13N7O. The molecule has 0 bridgehead atoms. The highest BCUT2D eigenvalue weighted by Gasteiger charge is 2.28. The van der Waals surface area contributed by atoms with E-state index >= 15 is 0 Å². The lowest BCUT2D eigenvalue weighted by Gasteiger charge is -1.83. The molecule has 1 saturated carbocycles. The second-order valence-corrected chi connectivity index (χ2v) is 4.87. The fraction of sp³-hybridized carbons (Fsp3) is 0.417. The van der Waals surface area contributed by atoms with Crippen molar-refractivity contribution in [1.82, 2.24) is 35.5 Å². The zero-order valence-corrected chi connectivity index (χ0v) is 10.9. The van der Waals surface area contributed by atoms with Crippen molar-refractivity contribution in [3.05, 3.63) is 17.6 Å². The topological polar surface area (TPSA) is 109 Å². The summed E-state index contributed by atoms with van der Waals surface area (Å²) in [6.45, 7) is 2.05. The van der Waals surface area contributed by atoms with Crippen LogP contribution in [0.4, 0.5) is 0 Å². The van der Waals surface area contributed by atoms with E-state index in [1.807, 2.05) is 13.0 Å².